The van der Waals surface area contributed by atoms with Crippen LogP contribution in [0.25, 0.3) is 0 Å². The van der Waals surface area contributed by atoms with E-state index in [1.807, 2.05) is 38.2 Å². The van der Waals surface area contributed by atoms with Gasteiger partial charge in [-0.3, -0.25) is 9.78 Å². The molecular formula is C18H23N3O. The van der Waals surface area contributed by atoms with Gasteiger partial charge in [-0.15, -0.1) is 0 Å². The minimum Gasteiger partial charge on any atom is -0.398 e. The van der Waals surface area contributed by atoms with Gasteiger partial charge in [0.2, 0.25) is 0 Å². The Kier molecular flexibility index (Phi) is 5.67. The zero-order valence-electron chi connectivity index (χ0n) is 13.2. The Hall–Kier alpha value is -2.20. The maximum Gasteiger partial charge on any atom is 0.164 e. The summed E-state index contributed by atoms with van der Waals surface area (Å²) in [5.41, 5.74) is 9.51. The number of nitrogen functional groups attached to an aromatic ring is 1. The summed E-state index contributed by atoms with van der Waals surface area (Å²) in [6.45, 7) is 3.61. The summed E-state index contributed by atoms with van der Waals surface area (Å²) < 4.78 is 0. The molecular weight excluding hydrogens is 274 g/mol. The SMILES string of the molecule is Cc1ccc(C(=O)CCN(C)CCc2ccncc2)cc1N. The van der Waals surface area contributed by atoms with Gasteiger partial charge in [-0.05, 0) is 49.7 Å². The van der Waals surface area contributed by atoms with Gasteiger partial charge in [0.15, 0.2) is 5.78 Å². The van der Waals surface area contributed by atoms with Crippen molar-refractivity contribution < 1.29 is 4.79 Å². The van der Waals surface area contributed by atoms with Crippen LogP contribution in [-0.2, 0) is 6.42 Å². The molecule has 0 saturated heterocycles. The van der Waals surface area contributed by atoms with Crippen LogP contribution in [0.3, 0.4) is 0 Å². The highest BCUT2D eigenvalue weighted by atomic mass is 16.1. The number of nitrogens with two attached hydrogens (primary N) is 1. The monoisotopic (exact) mass is 297 g/mol. The van der Waals surface area contributed by atoms with Crippen LogP contribution < -0.4 is 5.73 Å². The number of nitrogens with zero attached hydrogens (tertiary/aromatic N) is 2. The van der Waals surface area contributed by atoms with E-state index in [-0.39, 0.29) is 5.78 Å². The fraction of sp³-hybridized carbons (Fsp3) is 0.333. The Morgan fingerprint density at radius 2 is 1.91 bits per heavy atom. The summed E-state index contributed by atoms with van der Waals surface area (Å²) in [5, 5.41) is 0. The van der Waals surface area contributed by atoms with Gasteiger partial charge in [-0.1, -0.05) is 12.1 Å². The number of hydrogen-bond donors (Lipinski definition) is 1. The average Bonchev–Trinajstić information content (AvgIpc) is 2.54. The molecule has 4 nitrogen and oxygen atoms in total. The predicted octanol–water partition coefficient (Wildman–Crippen LogP) is 2.72. The minimum atomic E-state index is 0.141. The van der Waals surface area contributed by atoms with Gasteiger partial charge in [0.1, 0.15) is 0 Å². The molecule has 0 unspecified atom stereocenters. The normalized spacial score (nSPS) is 10.9. The Morgan fingerprint density at radius 3 is 2.59 bits per heavy atom. The number of aromatic nitrogens is 1. The van der Waals surface area contributed by atoms with Gasteiger partial charge in [-0.25, -0.2) is 0 Å². The van der Waals surface area contributed by atoms with Crippen molar-refractivity contribution in [3.8, 4) is 0 Å². The fourth-order valence-corrected chi connectivity index (χ4v) is 2.23. The van der Waals surface area contributed by atoms with Crippen LogP contribution in [-0.4, -0.2) is 35.8 Å². The van der Waals surface area contributed by atoms with E-state index in [9.17, 15) is 4.79 Å². The molecule has 0 aliphatic carbocycles. The Balaban J connectivity index is 1.79. The number of carbonyl (C=O) groups excluding carboxylic acids is 1. The highest BCUT2D eigenvalue weighted by Gasteiger charge is 2.09. The first-order valence-corrected chi connectivity index (χ1v) is 7.53. The van der Waals surface area contributed by atoms with E-state index < -0.39 is 0 Å². The average molecular weight is 297 g/mol. The topological polar surface area (TPSA) is 59.2 Å². The quantitative estimate of drug-likeness (QED) is 0.630. The number of ketones is 1. The highest BCUT2D eigenvalue weighted by molar-refractivity contribution is 5.97. The zero-order valence-corrected chi connectivity index (χ0v) is 13.2. The van der Waals surface area contributed by atoms with E-state index >= 15 is 0 Å². The molecule has 0 saturated carbocycles. The third kappa shape index (κ3) is 4.67. The Morgan fingerprint density at radius 1 is 1.18 bits per heavy atom. The number of benzene rings is 1. The third-order valence-electron chi connectivity index (χ3n) is 3.85. The summed E-state index contributed by atoms with van der Waals surface area (Å²) in [6.07, 6.45) is 5.08. The van der Waals surface area contributed by atoms with Gasteiger partial charge in [0.05, 0.1) is 0 Å². The lowest BCUT2D eigenvalue weighted by atomic mass is 10.0. The lowest BCUT2D eigenvalue weighted by Gasteiger charge is -2.16. The van der Waals surface area contributed by atoms with Crippen molar-refractivity contribution in [3.63, 3.8) is 0 Å². The van der Waals surface area contributed by atoms with Gasteiger partial charge in [0, 0.05) is 43.2 Å². The second-order valence-electron chi connectivity index (χ2n) is 5.65. The predicted molar refractivity (Wildman–Crippen MR) is 90.0 cm³/mol. The van der Waals surface area contributed by atoms with E-state index in [0.29, 0.717) is 17.7 Å². The third-order valence-corrected chi connectivity index (χ3v) is 3.85. The van der Waals surface area contributed by atoms with Crippen LogP contribution in [0.4, 0.5) is 5.69 Å². The molecule has 1 heterocycles. The van der Waals surface area contributed by atoms with Crippen molar-refractivity contribution in [2.24, 2.45) is 0 Å². The summed E-state index contributed by atoms with van der Waals surface area (Å²) in [7, 11) is 2.04. The van der Waals surface area contributed by atoms with Crippen molar-refractivity contribution >= 4 is 11.5 Å². The van der Waals surface area contributed by atoms with Crippen molar-refractivity contribution in [2.45, 2.75) is 19.8 Å². The van der Waals surface area contributed by atoms with E-state index in [1.54, 1.807) is 18.5 Å². The standard InChI is InChI=1S/C18H23N3O/c1-14-3-4-16(13-17(14)19)18(22)8-12-21(2)11-7-15-5-9-20-10-6-15/h3-6,9-10,13H,7-8,11-12,19H2,1-2H3. The highest BCUT2D eigenvalue weighted by Crippen LogP contribution is 2.14. The summed E-state index contributed by atoms with van der Waals surface area (Å²) in [6, 6.07) is 9.57. The molecule has 1 aromatic heterocycles. The molecule has 0 aliphatic rings. The van der Waals surface area contributed by atoms with Crippen molar-refractivity contribution in [3.05, 3.63) is 59.4 Å². The number of anilines is 1. The van der Waals surface area contributed by atoms with Crippen LogP contribution in [0, 0.1) is 6.92 Å². The van der Waals surface area contributed by atoms with Gasteiger partial charge < -0.3 is 10.6 Å². The summed E-state index contributed by atoms with van der Waals surface area (Å²) in [5.74, 6) is 0.141. The maximum atomic E-state index is 12.2. The number of rotatable bonds is 7. The lowest BCUT2D eigenvalue weighted by Crippen LogP contribution is -2.24. The molecule has 2 rings (SSSR count). The molecule has 22 heavy (non-hydrogen) atoms. The van der Waals surface area contributed by atoms with E-state index in [1.165, 1.54) is 5.56 Å². The molecule has 2 aromatic rings. The smallest absolute Gasteiger partial charge is 0.164 e. The number of aryl methyl sites for hydroxylation is 1. The molecule has 0 aliphatic heterocycles. The molecule has 0 amide bonds. The lowest BCUT2D eigenvalue weighted by molar-refractivity contribution is 0.0969. The molecule has 1 aromatic carbocycles. The Bertz CT molecular complexity index is 625. The molecule has 0 bridgehead atoms. The molecule has 0 radical (unpaired) electrons. The number of likely N-dealkylation sites (N-methyl/N-ethyl adjacent to an activating group) is 1. The summed E-state index contributed by atoms with van der Waals surface area (Å²) >= 11 is 0. The number of carbonyl (C=O) groups is 1. The van der Waals surface area contributed by atoms with E-state index in [0.717, 1.165) is 25.1 Å². The number of Topliss-reactive ketones (excluding diaryl/α,β-unsaturated/α-hetero) is 1. The van der Waals surface area contributed by atoms with E-state index in [4.69, 9.17) is 5.73 Å². The second kappa shape index (κ2) is 7.71. The van der Waals surface area contributed by atoms with Crippen LogP contribution in [0.5, 0.6) is 0 Å². The first kappa shape index (κ1) is 16.2. The van der Waals surface area contributed by atoms with Gasteiger partial charge in [0.25, 0.3) is 0 Å². The van der Waals surface area contributed by atoms with Gasteiger partial charge in [-0.2, -0.15) is 0 Å². The molecule has 0 spiro atoms. The number of pyridine rings is 1. The van der Waals surface area contributed by atoms with Crippen LogP contribution >= 0.6 is 0 Å². The first-order chi connectivity index (χ1) is 10.6. The fourth-order valence-electron chi connectivity index (χ4n) is 2.23. The maximum absolute atomic E-state index is 12.2. The van der Waals surface area contributed by atoms with E-state index in [2.05, 4.69) is 9.88 Å². The molecule has 0 fully saturated rings. The summed E-state index contributed by atoms with van der Waals surface area (Å²) in [4.78, 5) is 18.4. The van der Waals surface area contributed by atoms with Crippen molar-refractivity contribution in [2.75, 3.05) is 25.9 Å². The molecule has 4 heteroatoms. The first-order valence-electron chi connectivity index (χ1n) is 7.53. The van der Waals surface area contributed by atoms with Crippen LogP contribution in [0.15, 0.2) is 42.7 Å². The zero-order chi connectivity index (χ0) is 15.9. The van der Waals surface area contributed by atoms with Crippen molar-refractivity contribution in [1.82, 2.24) is 9.88 Å². The molecule has 0 atom stereocenters. The minimum absolute atomic E-state index is 0.141. The van der Waals surface area contributed by atoms with Crippen LogP contribution in [0.2, 0.25) is 0 Å². The van der Waals surface area contributed by atoms with Gasteiger partial charge >= 0.3 is 0 Å². The van der Waals surface area contributed by atoms with Crippen molar-refractivity contribution in [1.29, 1.82) is 0 Å². The largest absolute Gasteiger partial charge is 0.398 e. The molecule has 116 valence electrons. The number of hydrogen-bond acceptors (Lipinski definition) is 4. The Labute approximate surface area is 132 Å². The van der Waals surface area contributed by atoms with Crippen LogP contribution in [0.1, 0.15) is 27.9 Å². The second-order valence-corrected chi connectivity index (χ2v) is 5.65. The molecule has 2 N–H and O–H groups in total.